The van der Waals surface area contributed by atoms with Crippen LogP contribution < -0.4 is 4.74 Å². The van der Waals surface area contributed by atoms with Crippen molar-refractivity contribution in [3.8, 4) is 5.75 Å². The fourth-order valence-electron chi connectivity index (χ4n) is 3.61. The molecule has 0 radical (unpaired) electrons. The predicted molar refractivity (Wildman–Crippen MR) is 97.4 cm³/mol. The van der Waals surface area contributed by atoms with Crippen molar-refractivity contribution in [2.75, 3.05) is 45.2 Å². The molecular weight excluding hydrogens is 356 g/mol. The second kappa shape index (κ2) is 8.37. The highest BCUT2D eigenvalue weighted by atomic mass is 32.2. The number of carbonyl (C=O) groups is 1. The van der Waals surface area contributed by atoms with Gasteiger partial charge in [-0.25, -0.2) is 8.42 Å². The molecule has 0 unspecified atom stereocenters. The number of benzene rings is 1. The maximum Gasteiger partial charge on any atom is 0.260 e. The normalized spacial score (nSPS) is 24.6. The summed E-state index contributed by atoms with van der Waals surface area (Å²) in [5, 5.41) is 0. The highest BCUT2D eigenvalue weighted by molar-refractivity contribution is 7.89. The van der Waals surface area contributed by atoms with Crippen molar-refractivity contribution in [3.05, 3.63) is 30.3 Å². The van der Waals surface area contributed by atoms with Gasteiger partial charge in [0, 0.05) is 31.6 Å². The lowest BCUT2D eigenvalue weighted by molar-refractivity contribution is -0.136. The summed E-state index contributed by atoms with van der Waals surface area (Å²) >= 11 is 0. The number of nitrogens with zero attached hydrogens (tertiary/aromatic N) is 2. The summed E-state index contributed by atoms with van der Waals surface area (Å²) < 4.78 is 37.6. The van der Waals surface area contributed by atoms with Gasteiger partial charge in [-0.3, -0.25) is 4.79 Å². The second-order valence-electron chi connectivity index (χ2n) is 6.64. The quantitative estimate of drug-likeness (QED) is 0.758. The zero-order valence-electron chi connectivity index (χ0n) is 15.0. The number of carbonyl (C=O) groups excluding carboxylic acids is 1. The Hall–Kier alpha value is -1.64. The van der Waals surface area contributed by atoms with E-state index in [1.54, 1.807) is 16.1 Å². The first kappa shape index (κ1) is 19.1. The SMILES string of the molecule is CCS(=O)(=O)N1CCOC[C@H]2CN(C(=O)COc3ccccc3)CC[C@H]21. The number of sulfonamides is 1. The maximum absolute atomic E-state index is 12.5. The van der Waals surface area contributed by atoms with Crippen LogP contribution in [0.25, 0.3) is 0 Å². The summed E-state index contributed by atoms with van der Waals surface area (Å²) in [5.41, 5.74) is 0. The first-order chi connectivity index (χ1) is 12.5. The minimum absolute atomic E-state index is 0.00625. The van der Waals surface area contributed by atoms with Crippen molar-refractivity contribution < 1.29 is 22.7 Å². The van der Waals surface area contributed by atoms with Crippen molar-refractivity contribution in [1.82, 2.24) is 9.21 Å². The maximum atomic E-state index is 12.5. The lowest BCUT2D eigenvalue weighted by atomic mass is 9.93. The van der Waals surface area contributed by atoms with E-state index in [9.17, 15) is 13.2 Å². The van der Waals surface area contributed by atoms with Gasteiger partial charge in [0.1, 0.15) is 5.75 Å². The van der Waals surface area contributed by atoms with Crippen LogP contribution in [0, 0.1) is 5.92 Å². The van der Waals surface area contributed by atoms with Crippen LogP contribution in [0.5, 0.6) is 5.75 Å². The molecule has 1 aromatic rings. The molecule has 0 spiro atoms. The van der Waals surface area contributed by atoms with E-state index in [1.165, 1.54) is 0 Å². The highest BCUT2D eigenvalue weighted by Gasteiger charge is 2.40. The summed E-state index contributed by atoms with van der Waals surface area (Å²) in [6.45, 7) is 3.95. The Morgan fingerprint density at radius 2 is 2.04 bits per heavy atom. The molecular formula is C18H26N2O5S. The lowest BCUT2D eigenvalue weighted by Gasteiger charge is -2.41. The Bertz CT molecular complexity index is 710. The summed E-state index contributed by atoms with van der Waals surface area (Å²) in [6, 6.07) is 9.13. The molecule has 26 heavy (non-hydrogen) atoms. The molecule has 2 aliphatic heterocycles. The third-order valence-electron chi connectivity index (χ3n) is 5.03. The Balaban J connectivity index is 1.62. The molecule has 0 saturated carbocycles. The molecule has 2 aliphatic rings. The highest BCUT2D eigenvalue weighted by Crippen LogP contribution is 2.27. The molecule has 0 bridgehead atoms. The number of para-hydroxylation sites is 1. The molecule has 1 aromatic carbocycles. The fourth-order valence-corrected chi connectivity index (χ4v) is 4.98. The Morgan fingerprint density at radius 1 is 1.27 bits per heavy atom. The Kier molecular flexibility index (Phi) is 6.16. The minimum Gasteiger partial charge on any atom is -0.484 e. The molecule has 2 heterocycles. The largest absolute Gasteiger partial charge is 0.484 e. The van der Waals surface area contributed by atoms with Crippen LogP contribution in [0.4, 0.5) is 0 Å². The van der Waals surface area contributed by atoms with Gasteiger partial charge in [0.05, 0.1) is 19.0 Å². The number of amides is 1. The van der Waals surface area contributed by atoms with Gasteiger partial charge in [0.2, 0.25) is 10.0 Å². The molecule has 2 atom stereocenters. The van der Waals surface area contributed by atoms with Crippen LogP contribution in [0.3, 0.4) is 0 Å². The van der Waals surface area contributed by atoms with E-state index in [1.807, 2.05) is 30.3 Å². The summed E-state index contributed by atoms with van der Waals surface area (Å²) in [6.07, 6.45) is 0.629. The zero-order chi connectivity index (χ0) is 18.6. The van der Waals surface area contributed by atoms with Gasteiger partial charge in [0.25, 0.3) is 5.91 Å². The average molecular weight is 382 g/mol. The van der Waals surface area contributed by atoms with Gasteiger partial charge in [-0.1, -0.05) is 18.2 Å². The topological polar surface area (TPSA) is 76.2 Å². The summed E-state index contributed by atoms with van der Waals surface area (Å²) in [7, 11) is -3.27. The number of ether oxygens (including phenoxy) is 2. The lowest BCUT2D eigenvalue weighted by Crippen LogP contribution is -2.55. The number of fused-ring (bicyclic) bond motifs is 1. The molecule has 8 heteroatoms. The van der Waals surface area contributed by atoms with Gasteiger partial charge in [0.15, 0.2) is 6.61 Å². The summed E-state index contributed by atoms with van der Waals surface area (Å²) in [4.78, 5) is 14.3. The Labute approximate surface area is 154 Å². The first-order valence-electron chi connectivity index (χ1n) is 9.04. The van der Waals surface area contributed by atoms with Crippen LogP contribution >= 0.6 is 0 Å². The van der Waals surface area contributed by atoms with Crippen molar-refractivity contribution >= 4 is 15.9 Å². The molecule has 144 valence electrons. The van der Waals surface area contributed by atoms with Crippen LogP contribution in [-0.4, -0.2) is 74.8 Å². The molecule has 3 rings (SSSR count). The van der Waals surface area contributed by atoms with Crippen LogP contribution in [-0.2, 0) is 19.6 Å². The second-order valence-corrected chi connectivity index (χ2v) is 8.85. The monoisotopic (exact) mass is 382 g/mol. The van der Waals surface area contributed by atoms with Gasteiger partial charge >= 0.3 is 0 Å². The Morgan fingerprint density at radius 3 is 2.77 bits per heavy atom. The first-order valence-corrected chi connectivity index (χ1v) is 10.6. The molecule has 2 saturated heterocycles. The molecule has 7 nitrogen and oxygen atoms in total. The molecule has 0 aromatic heterocycles. The minimum atomic E-state index is -3.27. The third-order valence-corrected chi connectivity index (χ3v) is 6.93. The van der Waals surface area contributed by atoms with Crippen molar-refractivity contribution in [2.24, 2.45) is 5.92 Å². The molecule has 0 N–H and O–H groups in total. The molecule has 2 fully saturated rings. The van der Waals surface area contributed by atoms with E-state index in [2.05, 4.69) is 0 Å². The number of likely N-dealkylation sites (tertiary alicyclic amines) is 1. The van der Waals surface area contributed by atoms with Crippen LogP contribution in [0.15, 0.2) is 30.3 Å². The van der Waals surface area contributed by atoms with E-state index in [0.29, 0.717) is 45.0 Å². The number of hydrogen-bond donors (Lipinski definition) is 0. The van der Waals surface area contributed by atoms with Crippen molar-refractivity contribution in [2.45, 2.75) is 19.4 Å². The predicted octanol–water partition coefficient (Wildman–Crippen LogP) is 0.964. The number of rotatable bonds is 5. The molecule has 0 aliphatic carbocycles. The van der Waals surface area contributed by atoms with Crippen LogP contribution in [0.2, 0.25) is 0 Å². The van der Waals surface area contributed by atoms with Gasteiger partial charge in [-0.15, -0.1) is 0 Å². The smallest absolute Gasteiger partial charge is 0.260 e. The third kappa shape index (κ3) is 4.36. The number of hydrogen-bond acceptors (Lipinski definition) is 5. The van der Waals surface area contributed by atoms with E-state index < -0.39 is 10.0 Å². The summed E-state index contributed by atoms with van der Waals surface area (Å²) in [5.74, 6) is 0.660. The van der Waals surface area contributed by atoms with Crippen molar-refractivity contribution in [3.63, 3.8) is 0 Å². The van der Waals surface area contributed by atoms with Gasteiger partial charge < -0.3 is 14.4 Å². The van der Waals surface area contributed by atoms with E-state index in [0.717, 1.165) is 0 Å². The van der Waals surface area contributed by atoms with Gasteiger partial charge in [-0.2, -0.15) is 4.31 Å². The van der Waals surface area contributed by atoms with E-state index in [4.69, 9.17) is 9.47 Å². The fraction of sp³-hybridized carbons (Fsp3) is 0.611. The number of piperidine rings is 1. The van der Waals surface area contributed by atoms with E-state index in [-0.39, 0.29) is 30.2 Å². The van der Waals surface area contributed by atoms with Crippen molar-refractivity contribution in [1.29, 1.82) is 0 Å². The zero-order valence-corrected chi connectivity index (χ0v) is 15.9. The average Bonchev–Trinajstić information content (AvgIpc) is 2.89. The van der Waals surface area contributed by atoms with Gasteiger partial charge in [-0.05, 0) is 25.5 Å². The molecule has 1 amide bonds. The standard InChI is InChI=1S/C18H26N2O5S/c1-2-26(22,23)20-10-11-24-13-15-12-19(9-8-17(15)20)18(21)14-25-16-6-4-3-5-7-16/h3-7,15,17H,2,8-14H2,1H3/t15-,17-/m1/s1. The van der Waals surface area contributed by atoms with Crippen LogP contribution in [0.1, 0.15) is 13.3 Å². The van der Waals surface area contributed by atoms with E-state index >= 15 is 0 Å².